The van der Waals surface area contributed by atoms with E-state index in [1.54, 1.807) is 0 Å². The maximum Gasteiger partial charge on any atom is 0.306 e. The number of aliphatic hydroxyl groups is 2. The van der Waals surface area contributed by atoms with Gasteiger partial charge in [0.05, 0.1) is 11.0 Å². The third-order valence-corrected chi connectivity index (χ3v) is 2.85. The molecule has 2 atom stereocenters. The number of hydrogen-bond donors (Lipinski definition) is 3. The molecule has 0 radical (unpaired) electrons. The van der Waals surface area contributed by atoms with E-state index < -0.39 is 22.8 Å². The number of aliphatic hydroxyl groups excluding tert-OH is 2. The fourth-order valence-electron chi connectivity index (χ4n) is 1.52. The summed E-state index contributed by atoms with van der Waals surface area (Å²) in [5.74, 6) is -0.254. The van der Waals surface area contributed by atoms with Gasteiger partial charge in [-0.15, -0.1) is 0 Å². The van der Waals surface area contributed by atoms with Gasteiger partial charge in [-0.25, -0.2) is 4.98 Å². The molecule has 0 fully saturated rings. The summed E-state index contributed by atoms with van der Waals surface area (Å²) in [6, 6.07) is 1.06. The molecule has 0 aliphatic rings. The van der Waals surface area contributed by atoms with Crippen LogP contribution in [0.5, 0.6) is 0 Å². The van der Waals surface area contributed by atoms with Crippen LogP contribution in [0.4, 0.5) is 5.69 Å². The van der Waals surface area contributed by atoms with Crippen LogP contribution in [0, 0.1) is 10.1 Å². The first-order valence-corrected chi connectivity index (χ1v) is 6.11. The molecule has 0 spiro atoms. The van der Waals surface area contributed by atoms with Gasteiger partial charge in [-0.05, 0) is 6.42 Å². The Morgan fingerprint density at radius 1 is 1.60 bits per heavy atom. The molecule has 1 aromatic heterocycles. The zero-order chi connectivity index (χ0) is 15.3. The molecule has 3 N–H and O–H groups in total. The summed E-state index contributed by atoms with van der Waals surface area (Å²) in [6.45, 7) is 1.51. The molecule has 0 saturated heterocycles. The minimum Gasteiger partial charge on any atom is -0.390 e. The van der Waals surface area contributed by atoms with Crippen LogP contribution in [-0.2, 0) is 4.79 Å². The molecule has 1 heterocycles. The fourth-order valence-corrected chi connectivity index (χ4v) is 1.69. The van der Waals surface area contributed by atoms with E-state index >= 15 is 0 Å². The van der Waals surface area contributed by atoms with Gasteiger partial charge in [-0.2, -0.15) is 0 Å². The number of nitrogens with zero attached hydrogens (tertiary/aromatic N) is 2. The normalized spacial score (nSPS) is 13.6. The molecule has 20 heavy (non-hydrogen) atoms. The number of rotatable bonds is 6. The van der Waals surface area contributed by atoms with E-state index in [4.69, 9.17) is 11.6 Å². The van der Waals surface area contributed by atoms with Crippen molar-refractivity contribution in [3.63, 3.8) is 0 Å². The zero-order valence-electron chi connectivity index (χ0n) is 10.6. The number of carbonyl (C=O) groups excluding carboxylic acids is 1. The third-order valence-electron chi connectivity index (χ3n) is 2.56. The van der Waals surface area contributed by atoms with Gasteiger partial charge < -0.3 is 15.5 Å². The van der Waals surface area contributed by atoms with E-state index in [0.717, 1.165) is 12.3 Å². The molecule has 0 aromatic carbocycles. The van der Waals surface area contributed by atoms with Crippen LogP contribution >= 0.6 is 11.6 Å². The molecule has 0 bridgehead atoms. The molecular formula is C11H14ClN3O5. The van der Waals surface area contributed by atoms with Crippen molar-refractivity contribution in [1.82, 2.24) is 10.3 Å². The van der Waals surface area contributed by atoms with Crippen molar-refractivity contribution in [2.45, 2.75) is 25.6 Å². The highest BCUT2D eigenvalue weighted by Crippen LogP contribution is 2.27. The zero-order valence-corrected chi connectivity index (χ0v) is 11.4. The minimum atomic E-state index is -1.35. The molecule has 0 aliphatic heterocycles. The van der Waals surface area contributed by atoms with E-state index in [1.807, 2.05) is 0 Å². The Hall–Kier alpha value is -1.77. The topological polar surface area (TPSA) is 126 Å². The average Bonchev–Trinajstić information content (AvgIpc) is 2.37. The smallest absolute Gasteiger partial charge is 0.306 e. The van der Waals surface area contributed by atoms with Crippen LogP contribution in [0.25, 0.3) is 0 Å². The average molecular weight is 304 g/mol. The number of nitrogens with one attached hydrogen (secondary N) is 1. The number of pyridine rings is 1. The van der Waals surface area contributed by atoms with Crippen LogP contribution in [0.2, 0.25) is 5.15 Å². The Morgan fingerprint density at radius 2 is 2.25 bits per heavy atom. The molecule has 1 rings (SSSR count). The molecule has 0 aliphatic carbocycles. The van der Waals surface area contributed by atoms with Crippen molar-refractivity contribution in [3.05, 3.63) is 33.1 Å². The summed E-state index contributed by atoms with van der Waals surface area (Å²) in [5, 5.41) is 32.5. The highest BCUT2D eigenvalue weighted by atomic mass is 35.5. The van der Waals surface area contributed by atoms with Crippen molar-refractivity contribution >= 4 is 23.2 Å². The van der Waals surface area contributed by atoms with E-state index in [9.17, 15) is 25.1 Å². The highest BCUT2D eigenvalue weighted by molar-refractivity contribution is 6.31. The molecule has 110 valence electrons. The first-order chi connectivity index (χ1) is 9.32. The Morgan fingerprint density at radius 3 is 2.80 bits per heavy atom. The van der Waals surface area contributed by atoms with Gasteiger partial charge >= 0.3 is 5.69 Å². The quantitative estimate of drug-likeness (QED) is 0.400. The lowest BCUT2D eigenvalue weighted by Gasteiger charge is -2.17. The summed E-state index contributed by atoms with van der Waals surface area (Å²) in [5.41, 5.74) is -0.367. The van der Waals surface area contributed by atoms with Gasteiger partial charge in [0.15, 0.2) is 0 Å². The van der Waals surface area contributed by atoms with Crippen molar-refractivity contribution in [3.8, 4) is 0 Å². The number of nitro groups is 1. The van der Waals surface area contributed by atoms with Crippen LogP contribution in [0.3, 0.4) is 0 Å². The number of carbonyl (C=O) groups is 1. The Kier molecular flexibility index (Phi) is 5.81. The molecule has 1 aromatic rings. The van der Waals surface area contributed by atoms with Crippen LogP contribution in [-0.4, -0.2) is 38.7 Å². The molecule has 8 nitrogen and oxygen atoms in total. The van der Waals surface area contributed by atoms with Crippen LogP contribution in [0.1, 0.15) is 25.0 Å². The van der Waals surface area contributed by atoms with E-state index in [2.05, 4.69) is 10.3 Å². The second-order valence-electron chi connectivity index (χ2n) is 4.12. The van der Waals surface area contributed by atoms with E-state index in [1.165, 1.54) is 6.92 Å². The van der Waals surface area contributed by atoms with Gasteiger partial charge in [0.25, 0.3) is 0 Å². The van der Waals surface area contributed by atoms with E-state index in [0.29, 0.717) is 0 Å². The number of hydrogen-bond acceptors (Lipinski definition) is 6. The second-order valence-corrected chi connectivity index (χ2v) is 4.48. The van der Waals surface area contributed by atoms with Gasteiger partial charge in [-0.3, -0.25) is 14.9 Å². The number of halogens is 1. The summed E-state index contributed by atoms with van der Waals surface area (Å²) >= 11 is 5.55. The third kappa shape index (κ3) is 4.41. The highest BCUT2D eigenvalue weighted by Gasteiger charge is 2.23. The summed E-state index contributed by atoms with van der Waals surface area (Å²) < 4.78 is 0. The first-order valence-electron chi connectivity index (χ1n) is 5.73. The predicted octanol–water partition coefficient (Wildman–Crippen LogP) is 0.564. The standard InChI is InChI=1S/C11H14ClN3O5/c1-6(16)13-3-2-9(17)10(18)7-4-8(15(19)20)11(12)14-5-7/h4-5,9-10,17-18H,2-3H2,1H3,(H,13,16). The van der Waals surface area contributed by atoms with Crippen LogP contribution < -0.4 is 5.32 Å². The maximum absolute atomic E-state index is 10.7. The SMILES string of the molecule is CC(=O)NCCC(O)C(O)c1cnc(Cl)c([N+](=O)[O-])c1. The molecule has 2 unspecified atom stereocenters. The maximum atomic E-state index is 10.7. The van der Waals surface area contributed by atoms with Gasteiger partial charge in [0.1, 0.15) is 6.10 Å². The molecule has 9 heteroatoms. The molecule has 0 saturated carbocycles. The monoisotopic (exact) mass is 303 g/mol. The summed E-state index contributed by atoms with van der Waals surface area (Å²) in [7, 11) is 0. The van der Waals surface area contributed by atoms with Gasteiger partial charge in [0, 0.05) is 31.3 Å². The number of amides is 1. The fraction of sp³-hybridized carbons (Fsp3) is 0.455. The second kappa shape index (κ2) is 7.13. The van der Waals surface area contributed by atoms with Gasteiger partial charge in [0.2, 0.25) is 11.1 Å². The first kappa shape index (κ1) is 16.3. The summed E-state index contributed by atoms with van der Waals surface area (Å²) in [6.07, 6.45) is -1.30. The predicted molar refractivity (Wildman–Crippen MR) is 70.2 cm³/mol. The van der Waals surface area contributed by atoms with Crippen molar-refractivity contribution in [1.29, 1.82) is 0 Å². The van der Waals surface area contributed by atoms with Crippen LogP contribution in [0.15, 0.2) is 12.3 Å². The minimum absolute atomic E-state index is 0.0800. The molecule has 1 amide bonds. The lowest BCUT2D eigenvalue weighted by molar-refractivity contribution is -0.385. The Labute approximate surface area is 119 Å². The largest absolute Gasteiger partial charge is 0.390 e. The number of aromatic nitrogens is 1. The lowest BCUT2D eigenvalue weighted by Crippen LogP contribution is -2.27. The summed E-state index contributed by atoms with van der Waals surface area (Å²) in [4.78, 5) is 24.2. The van der Waals surface area contributed by atoms with Crippen molar-refractivity contribution < 1.29 is 19.9 Å². The molecular weight excluding hydrogens is 290 g/mol. The lowest BCUT2D eigenvalue weighted by atomic mass is 10.0. The van der Waals surface area contributed by atoms with Crippen molar-refractivity contribution in [2.24, 2.45) is 0 Å². The Bertz CT molecular complexity index is 511. The van der Waals surface area contributed by atoms with Gasteiger partial charge in [-0.1, -0.05) is 11.6 Å². The van der Waals surface area contributed by atoms with E-state index in [-0.39, 0.29) is 29.6 Å². The Balaban J connectivity index is 2.76. The van der Waals surface area contributed by atoms with Crippen molar-refractivity contribution in [2.75, 3.05) is 6.54 Å².